The van der Waals surface area contributed by atoms with Gasteiger partial charge in [0.2, 0.25) is 5.82 Å². The second-order valence-electron chi connectivity index (χ2n) is 8.79. The number of hydrogen-bond donors (Lipinski definition) is 0. The van der Waals surface area contributed by atoms with E-state index in [1.165, 1.54) is 44.9 Å². The van der Waals surface area contributed by atoms with Crippen molar-refractivity contribution in [2.75, 3.05) is 0 Å². The molecular weight excluding hydrogens is 376 g/mol. The lowest BCUT2D eigenvalue weighted by Gasteiger charge is -2.20. The molecule has 0 N–H and O–H groups in total. The van der Waals surface area contributed by atoms with E-state index in [4.69, 9.17) is 10.1 Å². The predicted octanol–water partition coefficient (Wildman–Crippen LogP) is 3.84. The fourth-order valence-corrected chi connectivity index (χ4v) is 4.55. The topological polar surface area (TPSA) is 78.7 Å². The molecule has 0 atom stereocenters. The maximum absolute atomic E-state index is 4.89. The zero-order valence-electron chi connectivity index (χ0n) is 17.1. The lowest BCUT2D eigenvalue weighted by atomic mass is 9.89. The van der Waals surface area contributed by atoms with Gasteiger partial charge in [-0.25, -0.2) is 14.2 Å². The highest BCUT2D eigenvalue weighted by Crippen LogP contribution is 2.33. The summed E-state index contributed by atoms with van der Waals surface area (Å²) in [5.41, 5.74) is 2.75. The molecule has 2 saturated carbocycles. The average Bonchev–Trinajstić information content (AvgIpc) is 3.15. The van der Waals surface area contributed by atoms with Gasteiger partial charge in [0, 0.05) is 19.3 Å². The van der Waals surface area contributed by atoms with Gasteiger partial charge >= 0.3 is 0 Å². The zero-order valence-corrected chi connectivity index (χ0v) is 17.1. The van der Waals surface area contributed by atoms with Crippen molar-refractivity contribution in [1.82, 2.24) is 39.4 Å². The number of fused-ring (bicyclic) bond motifs is 1. The monoisotopic (exact) mass is 402 g/mol. The lowest BCUT2D eigenvalue weighted by Crippen LogP contribution is -2.14. The van der Waals surface area contributed by atoms with Crippen LogP contribution < -0.4 is 0 Å². The summed E-state index contributed by atoms with van der Waals surface area (Å²) in [6.45, 7) is 1.83. The van der Waals surface area contributed by atoms with Crippen molar-refractivity contribution in [3.63, 3.8) is 0 Å². The molecule has 0 aliphatic heterocycles. The highest BCUT2D eigenvalue weighted by atomic mass is 15.4. The van der Waals surface area contributed by atoms with Crippen LogP contribution in [0.2, 0.25) is 0 Å². The van der Waals surface area contributed by atoms with Gasteiger partial charge in [-0.1, -0.05) is 24.5 Å². The number of hydrogen-bond acceptors (Lipinski definition) is 5. The Morgan fingerprint density at radius 1 is 0.933 bits per heavy atom. The van der Waals surface area contributed by atoms with Crippen LogP contribution in [0.4, 0.5) is 0 Å². The molecular formula is C22H26N8. The smallest absolute Gasteiger partial charge is 0.203 e. The van der Waals surface area contributed by atoms with Gasteiger partial charge in [-0.2, -0.15) is 5.10 Å². The summed E-state index contributed by atoms with van der Waals surface area (Å²) in [5.74, 6) is 2.89. The van der Waals surface area contributed by atoms with E-state index in [-0.39, 0.29) is 0 Å². The number of nitrogens with zero attached hydrogens (tertiary/aromatic N) is 8. The van der Waals surface area contributed by atoms with Crippen LogP contribution in [0.1, 0.15) is 44.9 Å². The summed E-state index contributed by atoms with van der Waals surface area (Å²) in [4.78, 5) is 4.89. The summed E-state index contributed by atoms with van der Waals surface area (Å²) in [5, 5.41) is 18.1. The van der Waals surface area contributed by atoms with Crippen LogP contribution in [0.5, 0.6) is 0 Å². The molecule has 30 heavy (non-hydrogen) atoms. The molecule has 0 unspecified atom stereocenters. The maximum Gasteiger partial charge on any atom is 0.203 e. The first-order chi connectivity index (χ1) is 14.8. The Labute approximate surface area is 174 Å². The van der Waals surface area contributed by atoms with Gasteiger partial charge in [0.05, 0.1) is 11.7 Å². The predicted molar refractivity (Wildman–Crippen MR) is 113 cm³/mol. The molecule has 2 aliphatic carbocycles. The van der Waals surface area contributed by atoms with Crippen LogP contribution in [-0.2, 0) is 13.1 Å². The van der Waals surface area contributed by atoms with E-state index < -0.39 is 0 Å². The SMILES string of the molecule is c1cnn2c(-c3nc(-c4cn(CC5CCCCC5)nn4)nn3CC3CC3)ccc2c1. The fraction of sp³-hybridized carbons (Fsp3) is 0.500. The van der Waals surface area contributed by atoms with Gasteiger partial charge < -0.3 is 0 Å². The van der Waals surface area contributed by atoms with Gasteiger partial charge in [-0.15, -0.1) is 10.2 Å². The zero-order chi connectivity index (χ0) is 19.9. The van der Waals surface area contributed by atoms with E-state index in [2.05, 4.69) is 33.6 Å². The van der Waals surface area contributed by atoms with Crippen molar-refractivity contribution in [3.8, 4) is 23.0 Å². The highest BCUT2D eigenvalue weighted by Gasteiger charge is 2.26. The Kier molecular flexibility index (Phi) is 4.35. The lowest BCUT2D eigenvalue weighted by molar-refractivity contribution is 0.305. The third-order valence-corrected chi connectivity index (χ3v) is 6.39. The summed E-state index contributed by atoms with van der Waals surface area (Å²) in [6.07, 6.45) is 13.0. The van der Waals surface area contributed by atoms with Crippen molar-refractivity contribution >= 4 is 5.52 Å². The molecule has 6 rings (SSSR count). The van der Waals surface area contributed by atoms with Crippen molar-refractivity contribution < 1.29 is 0 Å². The first-order valence-corrected chi connectivity index (χ1v) is 11.1. The second-order valence-corrected chi connectivity index (χ2v) is 8.79. The third kappa shape index (κ3) is 3.40. The Hall–Kier alpha value is -3.03. The van der Waals surface area contributed by atoms with Crippen LogP contribution in [0.3, 0.4) is 0 Å². The normalized spacial score (nSPS) is 17.7. The first-order valence-electron chi connectivity index (χ1n) is 11.1. The van der Waals surface area contributed by atoms with Crippen molar-refractivity contribution in [2.24, 2.45) is 11.8 Å². The molecule has 0 aromatic carbocycles. The van der Waals surface area contributed by atoms with E-state index in [1.807, 2.05) is 26.1 Å². The molecule has 4 aromatic rings. The van der Waals surface area contributed by atoms with Gasteiger partial charge in [-0.05, 0) is 61.8 Å². The second kappa shape index (κ2) is 7.34. The number of rotatable bonds is 6. The minimum Gasteiger partial charge on any atom is -0.252 e. The van der Waals surface area contributed by atoms with Gasteiger partial charge in [0.1, 0.15) is 5.69 Å². The molecule has 0 bridgehead atoms. The molecule has 0 amide bonds. The van der Waals surface area contributed by atoms with Crippen LogP contribution >= 0.6 is 0 Å². The number of aromatic nitrogens is 8. The molecule has 8 nitrogen and oxygen atoms in total. The Bertz CT molecular complexity index is 1160. The van der Waals surface area contributed by atoms with Gasteiger partial charge in [-0.3, -0.25) is 4.68 Å². The van der Waals surface area contributed by atoms with Crippen LogP contribution in [0.25, 0.3) is 28.6 Å². The first kappa shape index (κ1) is 17.8. The minimum atomic E-state index is 0.645. The van der Waals surface area contributed by atoms with Crippen LogP contribution in [0, 0.1) is 11.8 Å². The van der Waals surface area contributed by atoms with Crippen LogP contribution in [-0.4, -0.2) is 39.4 Å². The molecule has 0 spiro atoms. The largest absolute Gasteiger partial charge is 0.252 e. The fourth-order valence-electron chi connectivity index (χ4n) is 4.55. The summed E-state index contributed by atoms with van der Waals surface area (Å²) < 4.78 is 5.93. The molecule has 8 heteroatoms. The summed E-state index contributed by atoms with van der Waals surface area (Å²) in [6, 6.07) is 8.14. The van der Waals surface area contributed by atoms with E-state index in [9.17, 15) is 0 Å². The molecule has 4 aromatic heterocycles. The van der Waals surface area contributed by atoms with E-state index in [0.717, 1.165) is 35.8 Å². The minimum absolute atomic E-state index is 0.645. The molecule has 154 valence electrons. The average molecular weight is 403 g/mol. The van der Waals surface area contributed by atoms with Crippen LogP contribution in [0.15, 0.2) is 36.7 Å². The molecule has 0 radical (unpaired) electrons. The molecule has 2 fully saturated rings. The van der Waals surface area contributed by atoms with Crippen molar-refractivity contribution in [2.45, 2.75) is 58.0 Å². The van der Waals surface area contributed by atoms with E-state index >= 15 is 0 Å². The van der Waals surface area contributed by atoms with Crippen molar-refractivity contribution in [3.05, 3.63) is 36.7 Å². The van der Waals surface area contributed by atoms with Crippen molar-refractivity contribution in [1.29, 1.82) is 0 Å². The van der Waals surface area contributed by atoms with Gasteiger partial charge in [0.25, 0.3) is 0 Å². The van der Waals surface area contributed by atoms with Gasteiger partial charge in [0.15, 0.2) is 11.5 Å². The Morgan fingerprint density at radius 3 is 2.67 bits per heavy atom. The molecule has 4 heterocycles. The summed E-state index contributed by atoms with van der Waals surface area (Å²) in [7, 11) is 0. The Balaban J connectivity index is 1.33. The quantitative estimate of drug-likeness (QED) is 0.490. The third-order valence-electron chi connectivity index (χ3n) is 6.39. The molecule has 2 aliphatic rings. The summed E-state index contributed by atoms with van der Waals surface area (Å²) >= 11 is 0. The highest BCUT2D eigenvalue weighted by molar-refractivity contribution is 5.63. The molecule has 0 saturated heterocycles. The standard InChI is InChI=1S/C22H26N8/c1-2-5-16(6-3-1)13-28-15-19(25-27-28)21-24-22(29(26-21)14-17-8-9-17)20-11-10-18-7-4-12-23-30(18)20/h4,7,10-12,15-17H,1-3,5-6,8-9,13-14H2. The van der Waals surface area contributed by atoms with E-state index in [1.54, 1.807) is 6.20 Å². The Morgan fingerprint density at radius 2 is 1.80 bits per heavy atom. The maximum atomic E-state index is 4.89. The van der Waals surface area contributed by atoms with E-state index in [0.29, 0.717) is 17.7 Å².